The first-order valence-electron chi connectivity index (χ1n) is 9.71. The Morgan fingerprint density at radius 2 is 1.62 bits per heavy atom. The fourth-order valence-corrected chi connectivity index (χ4v) is 3.62. The van der Waals surface area contributed by atoms with E-state index in [1.165, 1.54) is 10.6 Å². The number of amides is 1. The highest BCUT2D eigenvalue weighted by Crippen LogP contribution is 2.28. The van der Waals surface area contributed by atoms with E-state index < -0.39 is 0 Å². The number of benzene rings is 2. The number of carbonyl (C=O) groups excluding carboxylic acids is 1. The molecule has 3 aromatic rings. The van der Waals surface area contributed by atoms with Crippen LogP contribution in [0.5, 0.6) is 0 Å². The van der Waals surface area contributed by atoms with Crippen LogP contribution in [0.1, 0.15) is 35.0 Å². The van der Waals surface area contributed by atoms with E-state index in [9.17, 15) is 4.79 Å². The maximum atomic E-state index is 13.1. The third-order valence-electron chi connectivity index (χ3n) is 5.31. The summed E-state index contributed by atoms with van der Waals surface area (Å²) in [5, 5.41) is 10.7. The summed E-state index contributed by atoms with van der Waals surface area (Å²) < 4.78 is 1.99. The topological polar surface area (TPSA) is 50.5 Å². The molecule has 4 rings (SSSR count). The quantitative estimate of drug-likeness (QED) is 0.614. The molecule has 0 aliphatic carbocycles. The minimum absolute atomic E-state index is 0.105. The second-order valence-electron chi connectivity index (χ2n) is 7.37. The Bertz CT molecular complexity index is 1140. The average molecular weight is 384 g/mol. The number of hydrazone groups is 1. The molecule has 0 unspecified atom stereocenters. The molecule has 0 saturated heterocycles. The van der Waals surface area contributed by atoms with Gasteiger partial charge in [0.05, 0.1) is 29.2 Å². The number of hydrogen-bond acceptors (Lipinski definition) is 3. The molecule has 0 spiro atoms. The van der Waals surface area contributed by atoms with Crippen LogP contribution in [-0.2, 0) is 11.3 Å². The van der Waals surface area contributed by atoms with Gasteiger partial charge in [0.2, 0.25) is 0 Å². The minimum atomic E-state index is -0.105. The van der Waals surface area contributed by atoms with Crippen LogP contribution in [0.15, 0.2) is 65.3 Å². The van der Waals surface area contributed by atoms with Gasteiger partial charge in [0.25, 0.3) is 5.91 Å². The Morgan fingerprint density at radius 1 is 0.931 bits per heavy atom. The second-order valence-corrected chi connectivity index (χ2v) is 7.37. The zero-order chi connectivity index (χ0) is 20.5. The van der Waals surface area contributed by atoms with Crippen LogP contribution >= 0.6 is 0 Å². The highest BCUT2D eigenvalue weighted by molar-refractivity contribution is 6.32. The SMILES string of the molecule is CC1=NN(c2ccccc2C)C(=O)/C1=C/c1c(C)nn(Cc2ccccc2)c1C. The van der Waals surface area contributed by atoms with Gasteiger partial charge in [-0.1, -0.05) is 48.5 Å². The van der Waals surface area contributed by atoms with Gasteiger partial charge in [-0.05, 0) is 51.0 Å². The standard InChI is InChI=1S/C24H24N4O/c1-16-10-8-9-13-23(16)28-24(29)22(18(3)26-28)14-21-17(2)25-27(19(21)4)15-20-11-6-5-7-12-20/h5-14H,15H2,1-4H3/b22-14+. The van der Waals surface area contributed by atoms with E-state index in [2.05, 4.69) is 17.2 Å². The van der Waals surface area contributed by atoms with Gasteiger partial charge in [-0.3, -0.25) is 9.48 Å². The van der Waals surface area contributed by atoms with Crippen molar-refractivity contribution in [3.05, 3.63) is 88.2 Å². The maximum absolute atomic E-state index is 13.1. The Labute approximate surface area is 171 Å². The Morgan fingerprint density at radius 3 is 2.34 bits per heavy atom. The summed E-state index contributed by atoms with van der Waals surface area (Å²) in [5.41, 5.74) is 7.26. The summed E-state index contributed by atoms with van der Waals surface area (Å²) in [5.74, 6) is -0.105. The number of anilines is 1. The van der Waals surface area contributed by atoms with Gasteiger partial charge in [0.1, 0.15) is 0 Å². The molecule has 1 aromatic heterocycles. The molecule has 1 amide bonds. The smallest absolute Gasteiger partial charge is 0.267 e. The summed E-state index contributed by atoms with van der Waals surface area (Å²) in [6.07, 6.45) is 1.93. The highest BCUT2D eigenvalue weighted by atomic mass is 16.2. The van der Waals surface area contributed by atoms with Crippen molar-refractivity contribution in [1.82, 2.24) is 9.78 Å². The number of nitrogens with zero attached hydrogens (tertiary/aromatic N) is 4. The lowest BCUT2D eigenvalue weighted by molar-refractivity contribution is -0.114. The molecule has 2 heterocycles. The van der Waals surface area contributed by atoms with Gasteiger partial charge in [0, 0.05) is 11.3 Å². The highest BCUT2D eigenvalue weighted by Gasteiger charge is 2.30. The Hall–Kier alpha value is -3.47. The van der Waals surface area contributed by atoms with Crippen molar-refractivity contribution in [3.63, 3.8) is 0 Å². The molecule has 146 valence electrons. The number of aromatic nitrogens is 2. The molecule has 1 aliphatic rings. The first-order chi connectivity index (χ1) is 14.0. The van der Waals surface area contributed by atoms with E-state index in [1.54, 1.807) is 0 Å². The van der Waals surface area contributed by atoms with Crippen molar-refractivity contribution in [2.45, 2.75) is 34.2 Å². The molecule has 5 nitrogen and oxygen atoms in total. The number of aryl methyl sites for hydroxylation is 2. The normalized spacial score (nSPS) is 15.3. The molecule has 2 aromatic carbocycles. The van der Waals surface area contributed by atoms with Gasteiger partial charge in [-0.15, -0.1) is 0 Å². The number of rotatable bonds is 4. The molecule has 5 heteroatoms. The lowest BCUT2D eigenvalue weighted by atomic mass is 10.1. The van der Waals surface area contributed by atoms with Crippen molar-refractivity contribution in [2.75, 3.05) is 5.01 Å². The van der Waals surface area contributed by atoms with Crippen molar-refractivity contribution in [3.8, 4) is 0 Å². The number of para-hydroxylation sites is 1. The monoisotopic (exact) mass is 384 g/mol. The maximum Gasteiger partial charge on any atom is 0.280 e. The Balaban J connectivity index is 1.67. The van der Waals surface area contributed by atoms with Gasteiger partial charge in [-0.2, -0.15) is 15.2 Å². The molecule has 1 aliphatic heterocycles. The van der Waals surface area contributed by atoms with Crippen LogP contribution < -0.4 is 5.01 Å². The molecule has 0 fully saturated rings. The van der Waals surface area contributed by atoms with Crippen molar-refractivity contribution in [1.29, 1.82) is 0 Å². The van der Waals surface area contributed by atoms with E-state index in [4.69, 9.17) is 5.10 Å². The van der Waals surface area contributed by atoms with Crippen molar-refractivity contribution >= 4 is 23.4 Å². The third kappa shape index (κ3) is 3.51. The third-order valence-corrected chi connectivity index (χ3v) is 5.31. The summed E-state index contributed by atoms with van der Waals surface area (Å²) in [6.45, 7) is 8.58. The zero-order valence-electron chi connectivity index (χ0n) is 17.2. The molecule has 0 radical (unpaired) electrons. The van der Waals surface area contributed by atoms with Crippen molar-refractivity contribution < 1.29 is 4.79 Å². The van der Waals surface area contributed by atoms with E-state index in [0.717, 1.165) is 28.2 Å². The summed E-state index contributed by atoms with van der Waals surface area (Å²) in [4.78, 5) is 13.1. The fourth-order valence-electron chi connectivity index (χ4n) is 3.62. The zero-order valence-corrected chi connectivity index (χ0v) is 17.2. The lowest BCUT2D eigenvalue weighted by Gasteiger charge is -2.14. The second kappa shape index (κ2) is 7.51. The first-order valence-corrected chi connectivity index (χ1v) is 9.71. The van der Waals surface area contributed by atoms with E-state index in [0.29, 0.717) is 17.8 Å². The molecule has 0 atom stereocenters. The fraction of sp³-hybridized carbons (Fsp3) is 0.208. The van der Waals surface area contributed by atoms with Gasteiger partial charge in [0.15, 0.2) is 0 Å². The van der Waals surface area contributed by atoms with Crippen LogP contribution in [0.3, 0.4) is 0 Å². The molecule has 0 N–H and O–H groups in total. The largest absolute Gasteiger partial charge is 0.280 e. The molecule has 29 heavy (non-hydrogen) atoms. The van der Waals surface area contributed by atoms with Gasteiger partial charge < -0.3 is 0 Å². The van der Waals surface area contributed by atoms with Crippen LogP contribution in [0.2, 0.25) is 0 Å². The predicted octanol–water partition coefficient (Wildman–Crippen LogP) is 4.66. The summed E-state index contributed by atoms with van der Waals surface area (Å²) in [7, 11) is 0. The molecular weight excluding hydrogens is 360 g/mol. The van der Waals surface area contributed by atoms with Crippen LogP contribution in [0.25, 0.3) is 6.08 Å². The molecular formula is C24H24N4O. The van der Waals surface area contributed by atoms with Gasteiger partial charge >= 0.3 is 0 Å². The van der Waals surface area contributed by atoms with Crippen LogP contribution in [0.4, 0.5) is 5.69 Å². The molecule has 0 bridgehead atoms. The number of carbonyl (C=O) groups is 1. The first kappa shape index (κ1) is 18.9. The lowest BCUT2D eigenvalue weighted by Crippen LogP contribution is -2.22. The van der Waals surface area contributed by atoms with E-state index in [-0.39, 0.29) is 5.91 Å². The molecule has 0 saturated carbocycles. The predicted molar refractivity (Wildman–Crippen MR) is 117 cm³/mol. The average Bonchev–Trinajstić information content (AvgIpc) is 3.14. The van der Waals surface area contributed by atoms with Gasteiger partial charge in [-0.25, -0.2) is 0 Å². The number of hydrogen-bond donors (Lipinski definition) is 0. The van der Waals surface area contributed by atoms with Crippen molar-refractivity contribution in [2.24, 2.45) is 5.10 Å². The Kier molecular flexibility index (Phi) is 4.89. The van der Waals surface area contributed by atoms with E-state index >= 15 is 0 Å². The van der Waals surface area contributed by atoms with E-state index in [1.807, 2.05) is 80.9 Å². The minimum Gasteiger partial charge on any atom is -0.267 e. The van der Waals surface area contributed by atoms with Crippen LogP contribution in [0, 0.1) is 20.8 Å². The van der Waals surface area contributed by atoms with Crippen LogP contribution in [-0.4, -0.2) is 21.4 Å². The summed E-state index contributed by atoms with van der Waals surface area (Å²) >= 11 is 0. The summed E-state index contributed by atoms with van der Waals surface area (Å²) in [6, 6.07) is 18.0.